The fourth-order valence-electron chi connectivity index (χ4n) is 3.69. The summed E-state index contributed by atoms with van der Waals surface area (Å²) in [6.07, 6.45) is 6.86. The average Bonchev–Trinajstić information content (AvgIpc) is 3.11. The molecule has 1 N–H and O–H groups in total. The Kier molecular flexibility index (Phi) is 4.17. The molecule has 5 nitrogen and oxygen atoms in total. The molecule has 0 unspecified atom stereocenters. The molecule has 1 atom stereocenters. The lowest BCUT2D eigenvalue weighted by Gasteiger charge is -2.40. The van der Waals surface area contributed by atoms with Crippen molar-refractivity contribution in [3.05, 3.63) is 0 Å². The second kappa shape index (κ2) is 5.90. The highest BCUT2D eigenvalue weighted by Gasteiger charge is 2.42. The Morgan fingerprint density at radius 3 is 2.55 bits per heavy atom. The Morgan fingerprint density at radius 1 is 1.15 bits per heavy atom. The zero-order valence-corrected chi connectivity index (χ0v) is 12.4. The van der Waals surface area contributed by atoms with Crippen molar-refractivity contribution in [3.63, 3.8) is 0 Å². The van der Waals surface area contributed by atoms with Crippen LogP contribution >= 0.6 is 0 Å². The maximum absolute atomic E-state index is 12.4. The van der Waals surface area contributed by atoms with E-state index in [9.17, 15) is 4.79 Å². The van der Waals surface area contributed by atoms with Gasteiger partial charge in [0.15, 0.2) is 5.79 Å². The topological polar surface area (TPSA) is 50.8 Å². The largest absolute Gasteiger partial charge is 0.347 e. The van der Waals surface area contributed by atoms with Crippen LogP contribution in [0.25, 0.3) is 0 Å². The number of nitrogens with one attached hydrogen (secondary N) is 1. The maximum atomic E-state index is 12.4. The van der Waals surface area contributed by atoms with Gasteiger partial charge in [0, 0.05) is 25.0 Å². The summed E-state index contributed by atoms with van der Waals surface area (Å²) in [5.74, 6) is -0.208. The van der Waals surface area contributed by atoms with Gasteiger partial charge >= 0.3 is 6.03 Å². The number of piperidine rings is 1. The zero-order chi connectivity index (χ0) is 14.0. The lowest BCUT2D eigenvalue weighted by atomic mass is 9.90. The van der Waals surface area contributed by atoms with Crippen LogP contribution in [0.1, 0.15) is 45.4 Å². The van der Waals surface area contributed by atoms with Crippen LogP contribution in [0.2, 0.25) is 0 Å². The number of hydrogen-bond acceptors (Lipinski definition) is 3. The van der Waals surface area contributed by atoms with Gasteiger partial charge in [0.2, 0.25) is 0 Å². The molecule has 1 saturated carbocycles. The Morgan fingerprint density at radius 2 is 1.85 bits per heavy atom. The van der Waals surface area contributed by atoms with E-state index in [1.54, 1.807) is 0 Å². The van der Waals surface area contributed by atoms with Crippen molar-refractivity contribution in [2.45, 2.75) is 57.3 Å². The van der Waals surface area contributed by atoms with E-state index < -0.39 is 5.79 Å². The van der Waals surface area contributed by atoms with Crippen molar-refractivity contribution in [1.82, 2.24) is 10.2 Å². The van der Waals surface area contributed by atoms with Gasteiger partial charge in [0.05, 0.1) is 13.2 Å². The maximum Gasteiger partial charge on any atom is 0.317 e. The van der Waals surface area contributed by atoms with E-state index in [1.165, 1.54) is 12.8 Å². The van der Waals surface area contributed by atoms with Crippen LogP contribution in [0.4, 0.5) is 4.79 Å². The quantitative estimate of drug-likeness (QED) is 0.844. The molecule has 1 aliphatic carbocycles. The SMILES string of the molecule is CC1([C@@H]2CCCN(C(=O)NC3CCCC3)C2)OCCO1. The highest BCUT2D eigenvalue weighted by molar-refractivity contribution is 5.74. The van der Waals surface area contributed by atoms with Crippen LogP contribution in [-0.4, -0.2) is 49.1 Å². The first-order valence-electron chi connectivity index (χ1n) is 8.01. The minimum atomic E-state index is -0.494. The van der Waals surface area contributed by atoms with E-state index in [1.807, 2.05) is 11.8 Å². The van der Waals surface area contributed by atoms with E-state index in [2.05, 4.69) is 5.32 Å². The normalized spacial score (nSPS) is 30.6. The summed E-state index contributed by atoms with van der Waals surface area (Å²) in [4.78, 5) is 14.3. The van der Waals surface area contributed by atoms with Crippen molar-refractivity contribution < 1.29 is 14.3 Å². The molecule has 5 heteroatoms. The van der Waals surface area contributed by atoms with Crippen LogP contribution in [-0.2, 0) is 9.47 Å². The summed E-state index contributed by atoms with van der Waals surface area (Å²) in [7, 11) is 0. The summed E-state index contributed by atoms with van der Waals surface area (Å²) in [6, 6.07) is 0.487. The number of carbonyl (C=O) groups is 1. The smallest absolute Gasteiger partial charge is 0.317 e. The Bertz CT molecular complexity index is 349. The number of rotatable bonds is 2. The van der Waals surface area contributed by atoms with E-state index >= 15 is 0 Å². The Hall–Kier alpha value is -0.810. The number of carbonyl (C=O) groups excluding carboxylic acids is 1. The van der Waals surface area contributed by atoms with Gasteiger partial charge < -0.3 is 19.7 Å². The zero-order valence-electron chi connectivity index (χ0n) is 12.4. The molecule has 0 spiro atoms. The number of likely N-dealkylation sites (tertiary alicyclic amines) is 1. The van der Waals surface area contributed by atoms with Crippen molar-refractivity contribution in [2.75, 3.05) is 26.3 Å². The first kappa shape index (κ1) is 14.1. The van der Waals surface area contributed by atoms with E-state index in [0.29, 0.717) is 19.3 Å². The molecule has 3 fully saturated rings. The van der Waals surface area contributed by atoms with Gasteiger partial charge in [-0.3, -0.25) is 0 Å². The third-order valence-electron chi connectivity index (χ3n) is 4.99. The van der Waals surface area contributed by atoms with E-state index in [-0.39, 0.29) is 11.9 Å². The highest BCUT2D eigenvalue weighted by Crippen LogP contribution is 2.34. The average molecular weight is 282 g/mol. The molecule has 20 heavy (non-hydrogen) atoms. The molecule has 3 aliphatic rings. The predicted octanol–water partition coefficient (Wildman–Crippen LogP) is 2.11. The highest BCUT2D eigenvalue weighted by atomic mass is 16.7. The predicted molar refractivity (Wildman–Crippen MR) is 75.4 cm³/mol. The molecule has 2 aliphatic heterocycles. The summed E-state index contributed by atoms with van der Waals surface area (Å²) in [5.41, 5.74) is 0. The molecule has 0 bridgehead atoms. The van der Waals surface area contributed by atoms with Crippen molar-refractivity contribution >= 4 is 6.03 Å². The van der Waals surface area contributed by atoms with Crippen LogP contribution in [0.5, 0.6) is 0 Å². The number of ether oxygens (including phenoxy) is 2. The standard InChI is InChI=1S/C15H26N2O3/c1-15(19-9-10-20-15)12-5-4-8-17(11-12)14(18)16-13-6-2-3-7-13/h12-13H,2-11H2,1H3,(H,16,18)/t12-/m1/s1. The van der Waals surface area contributed by atoms with Crippen LogP contribution in [0, 0.1) is 5.92 Å². The Balaban J connectivity index is 1.55. The summed E-state index contributed by atoms with van der Waals surface area (Å²) in [5, 5.41) is 3.18. The van der Waals surface area contributed by atoms with Crippen LogP contribution < -0.4 is 5.32 Å². The van der Waals surface area contributed by atoms with Gasteiger partial charge in [-0.25, -0.2) is 4.79 Å². The van der Waals surface area contributed by atoms with Crippen molar-refractivity contribution in [1.29, 1.82) is 0 Å². The molecule has 2 saturated heterocycles. The fourth-order valence-corrected chi connectivity index (χ4v) is 3.69. The lowest BCUT2D eigenvalue weighted by molar-refractivity contribution is -0.189. The lowest BCUT2D eigenvalue weighted by Crippen LogP contribution is -2.52. The van der Waals surface area contributed by atoms with E-state index in [4.69, 9.17) is 9.47 Å². The number of nitrogens with zero attached hydrogens (tertiary/aromatic N) is 1. The monoisotopic (exact) mass is 282 g/mol. The number of amides is 2. The third kappa shape index (κ3) is 2.93. The summed E-state index contributed by atoms with van der Waals surface area (Å²) < 4.78 is 11.5. The minimum Gasteiger partial charge on any atom is -0.347 e. The van der Waals surface area contributed by atoms with Gasteiger partial charge in [-0.1, -0.05) is 12.8 Å². The van der Waals surface area contributed by atoms with E-state index in [0.717, 1.165) is 38.8 Å². The third-order valence-corrected chi connectivity index (χ3v) is 4.99. The van der Waals surface area contributed by atoms with Gasteiger partial charge in [-0.15, -0.1) is 0 Å². The summed E-state index contributed by atoms with van der Waals surface area (Å²) in [6.45, 7) is 4.95. The molecule has 0 aromatic rings. The van der Waals surface area contributed by atoms with Crippen molar-refractivity contribution in [2.24, 2.45) is 5.92 Å². The molecular formula is C15H26N2O3. The first-order valence-corrected chi connectivity index (χ1v) is 8.01. The first-order chi connectivity index (χ1) is 9.67. The number of hydrogen-bond donors (Lipinski definition) is 1. The second-order valence-electron chi connectivity index (χ2n) is 6.43. The molecule has 114 valence electrons. The number of urea groups is 1. The van der Waals surface area contributed by atoms with Crippen LogP contribution in [0.3, 0.4) is 0 Å². The van der Waals surface area contributed by atoms with Gasteiger partial charge in [0.1, 0.15) is 0 Å². The second-order valence-corrected chi connectivity index (χ2v) is 6.43. The fraction of sp³-hybridized carbons (Fsp3) is 0.933. The molecule has 2 amide bonds. The van der Waals surface area contributed by atoms with Gasteiger partial charge in [-0.2, -0.15) is 0 Å². The van der Waals surface area contributed by atoms with Gasteiger partial charge in [0.25, 0.3) is 0 Å². The summed E-state index contributed by atoms with van der Waals surface area (Å²) >= 11 is 0. The molecule has 0 aromatic carbocycles. The molecular weight excluding hydrogens is 256 g/mol. The molecule has 2 heterocycles. The Labute approximate surface area is 121 Å². The molecule has 0 aromatic heterocycles. The van der Waals surface area contributed by atoms with Crippen molar-refractivity contribution in [3.8, 4) is 0 Å². The minimum absolute atomic E-state index is 0.100. The van der Waals surface area contributed by atoms with Gasteiger partial charge in [-0.05, 0) is 32.6 Å². The molecule has 3 rings (SSSR count). The molecule has 0 radical (unpaired) electrons. The van der Waals surface area contributed by atoms with Crippen LogP contribution in [0.15, 0.2) is 0 Å².